The second-order valence-corrected chi connectivity index (χ2v) is 2.47. The molecular weight excluding hydrogens is 399 g/mol. The van der Waals surface area contributed by atoms with Crippen LogP contribution >= 0.6 is 11.6 Å². The molecule has 0 aliphatic carbocycles. The smallest absolute Gasteiger partial charge is 0.243 e. The van der Waals surface area contributed by atoms with E-state index in [1.807, 2.05) is 0 Å². The summed E-state index contributed by atoms with van der Waals surface area (Å²) in [6, 6.07) is 0. The number of rotatable bonds is 3. The molecular formula is C5H7ClFmNO2-. The van der Waals surface area contributed by atoms with Crippen LogP contribution in [0.5, 0.6) is 0 Å². The Morgan fingerprint density at radius 1 is 1.60 bits per heavy atom. The van der Waals surface area contributed by atoms with Gasteiger partial charge in [-0.25, -0.2) is 0 Å². The molecule has 0 rings (SSSR count). The minimum atomic E-state index is -0.997. The SMILES string of the molecule is CC(C)(N[C-]=O)C(=O)Cl.[Fm]. The Labute approximate surface area is 58.4 Å². The molecule has 0 spiro atoms. The molecule has 0 saturated heterocycles. The Hall–Kier alpha value is -1.57. The van der Waals surface area contributed by atoms with E-state index in [1.165, 1.54) is 20.3 Å². The molecule has 0 saturated carbocycles. The molecule has 10 heavy (non-hydrogen) atoms. The first-order valence-electron chi connectivity index (χ1n) is 2.35. The van der Waals surface area contributed by atoms with Gasteiger partial charge in [0.15, 0.2) is 0 Å². The average molecular weight is 406 g/mol. The number of hydrogen-bond donors (Lipinski definition) is 1. The maximum absolute atomic E-state index is 10.4. The van der Waals surface area contributed by atoms with Crippen LogP contribution in [0.25, 0.3) is 0 Å². The third-order valence-corrected chi connectivity index (χ3v) is 1.33. The molecule has 0 aromatic rings. The van der Waals surface area contributed by atoms with E-state index in [0.29, 0.717) is 0 Å². The number of halogens is 1. The van der Waals surface area contributed by atoms with Gasteiger partial charge >= 0.3 is 0 Å². The van der Waals surface area contributed by atoms with Gasteiger partial charge in [0.25, 0.3) is 0 Å². The molecule has 0 bridgehead atoms. The zero-order valence-electron chi connectivity index (χ0n) is 5.48. The monoisotopic (exact) mass is 405 g/mol. The van der Waals surface area contributed by atoms with Crippen LogP contribution in [0, 0.1) is 0 Å². The minimum Gasteiger partial charge on any atom is -0.520 e. The molecule has 64 valence electrons. The maximum Gasteiger partial charge on any atom is 0.243 e. The van der Waals surface area contributed by atoms with Crippen molar-refractivity contribution >= 4 is 23.3 Å². The predicted octanol–water partition coefficient (Wildman–Crippen LogP) is 0.187. The summed E-state index contributed by atoms with van der Waals surface area (Å²) in [7, 11) is 0. The van der Waals surface area contributed by atoms with E-state index in [0.717, 1.165) is 0 Å². The van der Waals surface area contributed by atoms with Gasteiger partial charge in [0, 0.05) is 0 Å². The van der Waals surface area contributed by atoms with E-state index in [-0.39, 0.29) is 0 Å². The van der Waals surface area contributed by atoms with E-state index >= 15 is 0 Å². The number of carbonyl (C=O) groups is 1. The summed E-state index contributed by atoms with van der Waals surface area (Å²) < 4.78 is 0. The van der Waals surface area contributed by atoms with Gasteiger partial charge in [0.2, 0.25) is 5.24 Å². The molecule has 0 atom stereocenters. The van der Waals surface area contributed by atoms with Crippen LogP contribution < -0.4 is 5.32 Å². The predicted molar refractivity (Wildman–Crippen MR) is 33.8 cm³/mol. The molecule has 0 aromatic heterocycles. The first-order chi connectivity index (χ1) is 4.00. The van der Waals surface area contributed by atoms with Gasteiger partial charge in [-0.05, 0) is 25.4 Å². The van der Waals surface area contributed by atoms with Gasteiger partial charge < -0.3 is 10.1 Å². The third kappa shape index (κ3) is 2.67. The summed E-state index contributed by atoms with van der Waals surface area (Å²) in [4.78, 5) is 20.1. The third-order valence-electron chi connectivity index (χ3n) is 0.855. The van der Waals surface area contributed by atoms with Crippen molar-refractivity contribution in [1.82, 2.24) is 5.32 Å². The van der Waals surface area contributed by atoms with Crippen LogP contribution in [0.15, 0.2) is 0 Å². The molecule has 0 aliphatic rings. The van der Waals surface area contributed by atoms with Crippen LogP contribution in [0.3, 0.4) is 0 Å². The van der Waals surface area contributed by atoms with E-state index in [2.05, 4.69) is 5.32 Å². The summed E-state index contributed by atoms with van der Waals surface area (Å²) in [5.41, 5.74) is -0.997. The molecule has 1 amide bonds. The van der Waals surface area contributed by atoms with Crippen LogP contribution in [0.4, 0.5) is 0 Å². The number of amides is 1. The minimum absolute atomic E-state index is 0. The fraction of sp³-hybridized carbons (Fsp3) is 0.600. The molecule has 3 nitrogen and oxygen atoms in total. The maximum atomic E-state index is 10.4. The largest absolute Gasteiger partial charge is 0.520 e. The van der Waals surface area contributed by atoms with E-state index < -0.39 is 10.8 Å². The summed E-state index contributed by atoms with van der Waals surface area (Å²) in [5.74, 6) is 0. The first kappa shape index (κ1) is 11.3. The molecule has 1 N–H and O–H groups in total. The van der Waals surface area contributed by atoms with Crippen molar-refractivity contribution in [2.75, 3.05) is 0 Å². The number of hydrogen-bond acceptors (Lipinski definition) is 2. The van der Waals surface area contributed by atoms with Crippen LogP contribution in [0.1, 0.15) is 13.8 Å². The molecule has 0 radical (unpaired) electrons. The van der Waals surface area contributed by atoms with Crippen molar-refractivity contribution in [1.29, 1.82) is 0 Å². The Bertz CT molecular complexity index is 138. The Balaban J connectivity index is 0. The summed E-state index contributed by atoms with van der Waals surface area (Å²) in [5, 5.41) is 1.53. The van der Waals surface area contributed by atoms with E-state index in [4.69, 9.17) is 11.6 Å². The normalized spacial score (nSPS) is 9.50. The molecule has 0 heterocycles. The Morgan fingerprint density at radius 3 is 2.10 bits per heavy atom. The second kappa shape index (κ2) is 3.45. The van der Waals surface area contributed by atoms with Gasteiger partial charge in [-0.15, -0.1) is 0 Å². The summed E-state index contributed by atoms with van der Waals surface area (Å²) in [6.07, 6.45) is 1.38. The summed E-state index contributed by atoms with van der Waals surface area (Å²) in [6.45, 7) is 2.99. The fourth-order valence-corrected chi connectivity index (χ4v) is 0.224. The van der Waals surface area contributed by atoms with Gasteiger partial charge in [0.05, 0.1) is 5.54 Å². The molecule has 0 fully saturated rings. The van der Waals surface area contributed by atoms with Crippen molar-refractivity contribution < 1.29 is 9.59 Å². The van der Waals surface area contributed by atoms with Crippen LogP contribution in [0.2, 0.25) is 0 Å². The Kier molecular flexibility index (Phi) is 3.89. The first-order valence-corrected chi connectivity index (χ1v) is 2.73. The zero-order chi connectivity index (χ0) is 7.49. The van der Waals surface area contributed by atoms with Crippen molar-refractivity contribution in [3.8, 4) is 0 Å². The zero-order valence-corrected chi connectivity index (χ0v) is 8.64. The molecule has 0 aliphatic heterocycles. The quantitative estimate of drug-likeness (QED) is 0.414. The van der Waals surface area contributed by atoms with Crippen LogP contribution in [-0.2, 0) is 9.59 Å². The van der Waals surface area contributed by atoms with Crippen molar-refractivity contribution in [3.63, 3.8) is 0 Å². The second-order valence-electron chi connectivity index (χ2n) is 2.13. The molecule has 0 unspecified atom stereocenters. The number of carbonyl (C=O) groups excluding carboxylic acids is 2. The number of nitrogens with one attached hydrogen (secondary N) is 1. The van der Waals surface area contributed by atoms with Gasteiger partial charge in [0.1, 0.15) is 0 Å². The molecule has 0 aromatic carbocycles. The molecule has 5 heteroatoms. The van der Waals surface area contributed by atoms with Crippen molar-refractivity contribution in [2.45, 2.75) is 19.4 Å². The summed E-state index contributed by atoms with van der Waals surface area (Å²) >= 11 is 5.07. The van der Waals surface area contributed by atoms with Gasteiger partial charge in [-0.1, -0.05) is 0 Å². The van der Waals surface area contributed by atoms with Crippen LogP contribution in [-0.4, -0.2) is 17.2 Å². The standard InChI is InChI=1S/C5H7ClNO2.Fm/c1-5(2,4(6)9)7-3-8;/h1-2H3,(H,7,8);/q-1;. The van der Waals surface area contributed by atoms with Crippen molar-refractivity contribution in [3.05, 3.63) is 0 Å². The topological polar surface area (TPSA) is 46.2 Å². The van der Waals surface area contributed by atoms with Gasteiger partial charge in [-0.3, -0.25) is 4.79 Å². The Morgan fingerprint density at radius 2 is 2.00 bits per heavy atom. The van der Waals surface area contributed by atoms with E-state index in [1.54, 1.807) is 0 Å². The van der Waals surface area contributed by atoms with E-state index in [9.17, 15) is 9.59 Å². The van der Waals surface area contributed by atoms with Gasteiger partial charge in [-0.2, -0.15) is 6.41 Å². The van der Waals surface area contributed by atoms with Crippen molar-refractivity contribution in [2.24, 2.45) is 0 Å². The fourth-order valence-electron chi connectivity index (χ4n) is 0.177. The average Bonchev–Trinajstić information content (AvgIpc) is 1.65.